The van der Waals surface area contributed by atoms with Crippen molar-refractivity contribution in [3.8, 4) is 5.75 Å². The Morgan fingerprint density at radius 1 is 1.18 bits per heavy atom. The third kappa shape index (κ3) is 4.68. The molecule has 2 aromatic rings. The fourth-order valence-corrected chi connectivity index (χ4v) is 3.30. The number of methoxy groups -OCH3 is 1. The minimum atomic E-state index is -0.915. The third-order valence-electron chi connectivity index (χ3n) is 4.94. The van der Waals surface area contributed by atoms with Gasteiger partial charge in [0.05, 0.1) is 13.7 Å². The van der Waals surface area contributed by atoms with Crippen LogP contribution in [-0.4, -0.2) is 31.6 Å². The minimum Gasteiger partial charge on any atom is -0.497 e. The molecule has 0 bridgehead atoms. The summed E-state index contributed by atoms with van der Waals surface area (Å²) < 4.78 is 24.2. The molecular weight excluding hydrogens is 361 g/mol. The maximum absolute atomic E-state index is 14.0. The zero-order valence-corrected chi connectivity index (χ0v) is 16.0. The number of rotatable bonds is 8. The van der Waals surface area contributed by atoms with Gasteiger partial charge in [0.2, 0.25) is 5.91 Å². The molecule has 0 spiro atoms. The van der Waals surface area contributed by atoms with Crippen LogP contribution in [0, 0.1) is 11.7 Å². The monoisotopic (exact) mass is 385 g/mol. The van der Waals surface area contributed by atoms with Crippen LogP contribution in [0.15, 0.2) is 48.5 Å². The van der Waals surface area contributed by atoms with Crippen LogP contribution in [0.1, 0.15) is 30.4 Å². The summed E-state index contributed by atoms with van der Waals surface area (Å²) in [5.74, 6) is -0.504. The van der Waals surface area contributed by atoms with Crippen molar-refractivity contribution in [1.29, 1.82) is 0 Å². The summed E-state index contributed by atoms with van der Waals surface area (Å²) in [7, 11) is 1.60. The zero-order chi connectivity index (χ0) is 20.1. The van der Waals surface area contributed by atoms with Crippen molar-refractivity contribution >= 4 is 11.9 Å². The first kappa shape index (κ1) is 19.9. The van der Waals surface area contributed by atoms with Crippen LogP contribution in [-0.2, 0) is 20.7 Å². The topological polar surface area (TPSA) is 64.6 Å². The van der Waals surface area contributed by atoms with Gasteiger partial charge >= 0.3 is 5.97 Å². The molecule has 0 aromatic heterocycles. The molecule has 6 heteroatoms. The van der Waals surface area contributed by atoms with Gasteiger partial charge in [0.15, 0.2) is 0 Å². The van der Waals surface area contributed by atoms with Crippen LogP contribution in [0.25, 0.3) is 0 Å². The Hall–Kier alpha value is -2.89. The molecule has 0 heterocycles. The summed E-state index contributed by atoms with van der Waals surface area (Å²) in [5, 5.41) is 2.76. The van der Waals surface area contributed by atoms with Gasteiger partial charge < -0.3 is 14.8 Å². The van der Waals surface area contributed by atoms with Gasteiger partial charge in [-0.15, -0.1) is 0 Å². The maximum Gasteiger partial charge on any atom is 0.328 e. The van der Waals surface area contributed by atoms with Gasteiger partial charge in [-0.1, -0.05) is 30.3 Å². The van der Waals surface area contributed by atoms with Crippen LogP contribution in [0.3, 0.4) is 0 Å². The Morgan fingerprint density at radius 2 is 1.89 bits per heavy atom. The van der Waals surface area contributed by atoms with E-state index in [1.54, 1.807) is 32.2 Å². The summed E-state index contributed by atoms with van der Waals surface area (Å²) in [4.78, 5) is 25.0. The van der Waals surface area contributed by atoms with E-state index in [4.69, 9.17) is 9.47 Å². The first-order chi connectivity index (χ1) is 13.5. The predicted octanol–water partition coefficient (Wildman–Crippen LogP) is 3.23. The van der Waals surface area contributed by atoms with E-state index in [0.29, 0.717) is 12.0 Å². The second kappa shape index (κ2) is 8.87. The van der Waals surface area contributed by atoms with E-state index in [0.717, 1.165) is 11.3 Å². The fraction of sp³-hybridized carbons (Fsp3) is 0.364. The van der Waals surface area contributed by atoms with Crippen molar-refractivity contribution in [3.05, 3.63) is 65.5 Å². The number of amides is 1. The highest BCUT2D eigenvalue weighted by Crippen LogP contribution is 2.47. The number of hydrogen-bond acceptors (Lipinski definition) is 4. The first-order valence-corrected chi connectivity index (χ1v) is 9.37. The Kier molecular flexibility index (Phi) is 6.29. The van der Waals surface area contributed by atoms with Crippen molar-refractivity contribution in [2.45, 2.75) is 31.7 Å². The van der Waals surface area contributed by atoms with Crippen LogP contribution in [0.4, 0.5) is 4.39 Å². The van der Waals surface area contributed by atoms with Crippen LogP contribution < -0.4 is 10.1 Å². The Bertz CT molecular complexity index is 837. The predicted molar refractivity (Wildman–Crippen MR) is 103 cm³/mol. The summed E-state index contributed by atoms with van der Waals surface area (Å²) in [6.07, 6.45) is 0.768. The molecule has 0 saturated heterocycles. The number of carbonyl (C=O) groups excluding carboxylic acids is 2. The molecule has 28 heavy (non-hydrogen) atoms. The smallest absolute Gasteiger partial charge is 0.328 e. The molecule has 1 saturated carbocycles. The number of benzene rings is 2. The number of carbonyl (C=O) groups is 2. The zero-order valence-electron chi connectivity index (χ0n) is 16.0. The van der Waals surface area contributed by atoms with Crippen molar-refractivity contribution in [3.63, 3.8) is 0 Å². The summed E-state index contributed by atoms with van der Waals surface area (Å²) in [6.45, 7) is 1.89. The van der Waals surface area contributed by atoms with E-state index in [9.17, 15) is 14.0 Å². The Morgan fingerprint density at radius 3 is 2.54 bits per heavy atom. The number of hydrogen-bond donors (Lipinski definition) is 1. The lowest BCUT2D eigenvalue weighted by atomic mass is 10.0. The molecule has 1 amide bonds. The molecule has 2 aromatic carbocycles. The molecule has 1 fully saturated rings. The number of halogens is 1. The Balaban J connectivity index is 1.66. The highest BCUT2D eigenvalue weighted by molar-refractivity contribution is 5.88. The lowest BCUT2D eigenvalue weighted by molar-refractivity contribution is -0.147. The molecule has 3 atom stereocenters. The van der Waals surface area contributed by atoms with Crippen molar-refractivity contribution in [1.82, 2.24) is 5.32 Å². The quantitative estimate of drug-likeness (QED) is 0.709. The van der Waals surface area contributed by atoms with Crippen LogP contribution in [0.2, 0.25) is 0 Å². The van der Waals surface area contributed by atoms with E-state index in [1.165, 1.54) is 6.07 Å². The molecule has 3 rings (SSSR count). The largest absolute Gasteiger partial charge is 0.497 e. The first-order valence-electron chi connectivity index (χ1n) is 9.37. The van der Waals surface area contributed by atoms with Gasteiger partial charge in [-0.3, -0.25) is 4.79 Å². The second-order valence-corrected chi connectivity index (χ2v) is 6.83. The average molecular weight is 385 g/mol. The van der Waals surface area contributed by atoms with Gasteiger partial charge in [0.1, 0.15) is 17.6 Å². The fourth-order valence-electron chi connectivity index (χ4n) is 3.30. The molecule has 1 N–H and O–H groups in total. The van der Waals surface area contributed by atoms with E-state index < -0.39 is 17.8 Å². The average Bonchev–Trinajstić information content (AvgIpc) is 3.50. The van der Waals surface area contributed by atoms with Gasteiger partial charge in [0, 0.05) is 12.3 Å². The SMILES string of the molecule is CCOC(=O)C(Cc1ccccc1F)NC(=O)C1CC1c1ccc(OC)cc1. The number of ether oxygens (including phenoxy) is 2. The molecule has 0 aliphatic heterocycles. The summed E-state index contributed by atoms with van der Waals surface area (Å²) in [5.41, 5.74) is 1.42. The molecule has 1 aliphatic rings. The van der Waals surface area contributed by atoms with E-state index >= 15 is 0 Å². The van der Waals surface area contributed by atoms with Crippen LogP contribution >= 0.6 is 0 Å². The van der Waals surface area contributed by atoms with Crippen molar-refractivity contribution in [2.75, 3.05) is 13.7 Å². The van der Waals surface area contributed by atoms with Crippen molar-refractivity contribution < 1.29 is 23.5 Å². The van der Waals surface area contributed by atoms with Gasteiger partial charge in [-0.2, -0.15) is 0 Å². The van der Waals surface area contributed by atoms with Gasteiger partial charge in [-0.25, -0.2) is 9.18 Å². The molecule has 148 valence electrons. The van der Waals surface area contributed by atoms with Gasteiger partial charge in [-0.05, 0) is 48.6 Å². The third-order valence-corrected chi connectivity index (χ3v) is 4.94. The van der Waals surface area contributed by atoms with Crippen LogP contribution in [0.5, 0.6) is 5.75 Å². The molecular formula is C22H24FNO4. The highest BCUT2D eigenvalue weighted by atomic mass is 19.1. The van der Waals surface area contributed by atoms with Crippen molar-refractivity contribution in [2.24, 2.45) is 5.92 Å². The van der Waals surface area contributed by atoms with E-state index in [1.807, 2.05) is 24.3 Å². The lowest BCUT2D eigenvalue weighted by Crippen LogP contribution is -2.44. The summed E-state index contributed by atoms with van der Waals surface area (Å²) >= 11 is 0. The normalized spacial score (nSPS) is 18.8. The van der Waals surface area contributed by atoms with Gasteiger partial charge in [0.25, 0.3) is 0 Å². The highest BCUT2D eigenvalue weighted by Gasteiger charge is 2.45. The molecule has 5 nitrogen and oxygen atoms in total. The second-order valence-electron chi connectivity index (χ2n) is 6.83. The molecule has 1 aliphatic carbocycles. The Labute approximate surface area is 163 Å². The number of esters is 1. The van der Waals surface area contributed by atoms with E-state index in [2.05, 4.69) is 5.32 Å². The summed E-state index contributed by atoms with van der Waals surface area (Å²) in [6, 6.07) is 12.9. The number of nitrogens with one attached hydrogen (secondary N) is 1. The molecule has 3 unspecified atom stereocenters. The molecule has 0 radical (unpaired) electrons. The lowest BCUT2D eigenvalue weighted by Gasteiger charge is -2.18. The van der Waals surface area contributed by atoms with E-state index in [-0.39, 0.29) is 30.8 Å². The minimum absolute atomic E-state index is 0.0527. The maximum atomic E-state index is 14.0. The standard InChI is InChI=1S/C22H24FNO4/c1-3-28-22(26)20(12-15-6-4-5-7-19(15)23)24-21(25)18-13-17(18)14-8-10-16(27-2)11-9-14/h4-11,17-18,20H,3,12-13H2,1-2H3,(H,24,25).